The van der Waals surface area contributed by atoms with E-state index in [2.05, 4.69) is 81.3 Å². The number of aromatic nitrogens is 2. The number of benzene rings is 4. The number of hydrogen-bond acceptors (Lipinski definition) is 4. The molecule has 0 bridgehead atoms. The Hall–Kier alpha value is -4.33. The molecule has 4 aromatic carbocycles. The van der Waals surface area contributed by atoms with E-state index in [1.54, 1.807) is 17.7 Å². The van der Waals surface area contributed by atoms with Gasteiger partial charge in [-0.3, -0.25) is 10.3 Å². The van der Waals surface area contributed by atoms with E-state index in [0.717, 1.165) is 68.0 Å². The number of aryl methyl sites for hydroxylation is 1. The quantitative estimate of drug-likeness (QED) is 0.141. The summed E-state index contributed by atoms with van der Waals surface area (Å²) in [7, 11) is 0. The van der Waals surface area contributed by atoms with Crippen LogP contribution in [0, 0.1) is 16.6 Å². The normalized spacial score (nSPS) is 16.7. The third-order valence-electron chi connectivity index (χ3n) is 10.3. The molecule has 50 heavy (non-hydrogen) atoms. The van der Waals surface area contributed by atoms with Crippen LogP contribution >= 0.6 is 11.6 Å². The molecule has 2 heterocycles. The van der Waals surface area contributed by atoms with Crippen LogP contribution in [-0.2, 0) is 13.1 Å². The molecule has 1 fully saturated rings. The van der Waals surface area contributed by atoms with E-state index in [4.69, 9.17) is 21.7 Å². The predicted molar refractivity (Wildman–Crippen MR) is 202 cm³/mol. The molecule has 0 amide bonds. The van der Waals surface area contributed by atoms with Crippen molar-refractivity contribution in [3.63, 3.8) is 0 Å². The van der Waals surface area contributed by atoms with Gasteiger partial charge >= 0.3 is 0 Å². The summed E-state index contributed by atoms with van der Waals surface area (Å²) in [6.07, 6.45) is 4.22. The van der Waals surface area contributed by atoms with E-state index in [0.29, 0.717) is 36.5 Å². The standard InChI is InChI=1S/C42H47ClFN5O/c1-42(2)20-19-38(32-11-13-34(43)14-12-32)33(28-42)30-46-22-24-47(25-23-46)36-8-5-7-31(27-36)29-49-40-10-4-3-9-39(40)48(41(49)45)21-6-26-50-37-17-15-35(44)16-18-37/h3-5,7-18,27,45H,6,19-26,28-30H2,1-2H3. The lowest BCUT2D eigenvalue weighted by atomic mass is 9.73. The van der Waals surface area contributed by atoms with Crippen molar-refractivity contribution in [2.75, 3.05) is 44.2 Å². The smallest absolute Gasteiger partial charge is 0.203 e. The lowest BCUT2D eigenvalue weighted by Crippen LogP contribution is -2.47. The van der Waals surface area contributed by atoms with Crippen molar-refractivity contribution in [2.45, 2.75) is 52.6 Å². The maximum absolute atomic E-state index is 13.2. The second kappa shape index (κ2) is 14.9. The minimum Gasteiger partial charge on any atom is -0.494 e. The number of hydrogen-bond donors (Lipinski definition) is 1. The number of piperazine rings is 1. The second-order valence-electron chi connectivity index (χ2n) is 14.6. The largest absolute Gasteiger partial charge is 0.494 e. The maximum Gasteiger partial charge on any atom is 0.203 e. The van der Waals surface area contributed by atoms with Crippen LogP contribution in [0.15, 0.2) is 103 Å². The molecule has 6 nitrogen and oxygen atoms in total. The summed E-state index contributed by atoms with van der Waals surface area (Å²) in [5.74, 6) is 0.379. The Morgan fingerprint density at radius 3 is 2.28 bits per heavy atom. The SMILES string of the molecule is CC1(C)CCC(c2ccc(Cl)cc2)=C(CN2CCN(c3cccc(Cn4c(=N)n(CCCOc5ccc(F)cc5)c5ccccc54)c3)CC2)C1. The molecule has 1 aromatic heterocycles. The van der Waals surface area contributed by atoms with E-state index in [-0.39, 0.29) is 5.82 Å². The number of halogens is 2. The van der Waals surface area contributed by atoms with E-state index < -0.39 is 0 Å². The molecular formula is C42H47ClFN5O. The van der Waals surface area contributed by atoms with E-state index in [1.807, 2.05) is 24.3 Å². The van der Waals surface area contributed by atoms with Gasteiger partial charge in [-0.15, -0.1) is 0 Å². The number of rotatable bonds is 11. The summed E-state index contributed by atoms with van der Waals surface area (Å²) in [6, 6.07) is 31.6. The zero-order valence-corrected chi connectivity index (χ0v) is 29.9. The van der Waals surface area contributed by atoms with Gasteiger partial charge in [0.1, 0.15) is 11.6 Å². The van der Waals surface area contributed by atoms with Crippen molar-refractivity contribution in [2.24, 2.45) is 5.41 Å². The minimum atomic E-state index is -0.274. The predicted octanol–water partition coefficient (Wildman–Crippen LogP) is 9.02. The number of allylic oxidation sites excluding steroid dienone is 1. The first-order valence-electron chi connectivity index (χ1n) is 17.9. The van der Waals surface area contributed by atoms with Gasteiger partial charge in [0.2, 0.25) is 5.62 Å². The van der Waals surface area contributed by atoms with Crippen LogP contribution in [0.4, 0.5) is 10.1 Å². The molecule has 1 aliphatic heterocycles. The summed E-state index contributed by atoms with van der Waals surface area (Å²) < 4.78 is 23.2. The highest BCUT2D eigenvalue weighted by Crippen LogP contribution is 2.43. The zero-order chi connectivity index (χ0) is 34.7. The molecule has 1 saturated heterocycles. The number of nitrogens with one attached hydrogen (secondary N) is 1. The molecule has 0 atom stereocenters. The van der Waals surface area contributed by atoms with Gasteiger partial charge in [0.25, 0.3) is 0 Å². The number of anilines is 1. The molecule has 5 aromatic rings. The fraction of sp³-hybridized carbons (Fsp3) is 0.357. The number of fused-ring (bicyclic) bond motifs is 1. The minimum absolute atomic E-state index is 0.274. The third kappa shape index (κ3) is 7.85. The van der Waals surface area contributed by atoms with Crippen molar-refractivity contribution in [1.82, 2.24) is 14.0 Å². The summed E-state index contributed by atoms with van der Waals surface area (Å²) in [5.41, 5.74) is 9.76. The van der Waals surface area contributed by atoms with Gasteiger partial charge < -0.3 is 18.8 Å². The first-order chi connectivity index (χ1) is 24.2. The Labute approximate surface area is 299 Å². The summed E-state index contributed by atoms with van der Waals surface area (Å²) in [5, 5.41) is 9.94. The lowest BCUT2D eigenvalue weighted by Gasteiger charge is -2.39. The van der Waals surface area contributed by atoms with Crippen LogP contribution in [0.5, 0.6) is 5.75 Å². The van der Waals surface area contributed by atoms with Gasteiger partial charge in [0.05, 0.1) is 24.2 Å². The van der Waals surface area contributed by atoms with Crippen molar-refractivity contribution < 1.29 is 9.13 Å². The van der Waals surface area contributed by atoms with Gasteiger partial charge in [-0.05, 0) is 108 Å². The summed E-state index contributed by atoms with van der Waals surface area (Å²) in [6.45, 7) is 11.7. The van der Waals surface area contributed by atoms with Gasteiger partial charge in [0, 0.05) is 50.0 Å². The second-order valence-corrected chi connectivity index (χ2v) is 15.0. The number of ether oxygens (including phenoxy) is 1. The van der Waals surface area contributed by atoms with Crippen LogP contribution < -0.4 is 15.3 Å². The first-order valence-corrected chi connectivity index (χ1v) is 18.2. The number of nitrogens with zero attached hydrogens (tertiary/aromatic N) is 4. The van der Waals surface area contributed by atoms with Gasteiger partial charge in [-0.2, -0.15) is 0 Å². The average molecular weight is 692 g/mol. The van der Waals surface area contributed by atoms with Crippen LogP contribution in [0.2, 0.25) is 5.02 Å². The highest BCUT2D eigenvalue weighted by molar-refractivity contribution is 6.30. The zero-order valence-electron chi connectivity index (χ0n) is 29.2. The number of para-hydroxylation sites is 2. The molecule has 0 spiro atoms. The summed E-state index contributed by atoms with van der Waals surface area (Å²) in [4.78, 5) is 5.14. The fourth-order valence-electron chi connectivity index (χ4n) is 7.66. The van der Waals surface area contributed by atoms with Crippen LogP contribution in [0.1, 0.15) is 50.7 Å². The molecule has 7 rings (SSSR count). The highest BCUT2D eigenvalue weighted by atomic mass is 35.5. The molecule has 0 saturated carbocycles. The van der Waals surface area contributed by atoms with Crippen molar-refractivity contribution in [1.29, 1.82) is 5.41 Å². The molecule has 1 aliphatic carbocycles. The fourth-order valence-corrected chi connectivity index (χ4v) is 7.78. The van der Waals surface area contributed by atoms with E-state index in [9.17, 15) is 4.39 Å². The maximum atomic E-state index is 13.2. The molecule has 0 radical (unpaired) electrons. The Bertz CT molecular complexity index is 2020. The Kier molecular flexibility index (Phi) is 10.2. The van der Waals surface area contributed by atoms with E-state index >= 15 is 0 Å². The molecule has 0 unspecified atom stereocenters. The lowest BCUT2D eigenvalue weighted by molar-refractivity contribution is 0.256. The Balaban J connectivity index is 1.01. The molecule has 8 heteroatoms. The highest BCUT2D eigenvalue weighted by Gasteiger charge is 2.29. The van der Waals surface area contributed by atoms with Crippen molar-refractivity contribution >= 4 is 33.9 Å². The van der Waals surface area contributed by atoms with Crippen LogP contribution in [-0.4, -0.2) is 53.4 Å². The topological polar surface area (TPSA) is 49.4 Å². The molecule has 260 valence electrons. The van der Waals surface area contributed by atoms with Gasteiger partial charge in [0.15, 0.2) is 0 Å². The van der Waals surface area contributed by atoms with Crippen molar-refractivity contribution in [3.8, 4) is 5.75 Å². The van der Waals surface area contributed by atoms with Crippen LogP contribution in [0.3, 0.4) is 0 Å². The molecule has 2 aliphatic rings. The average Bonchev–Trinajstić information content (AvgIpc) is 3.38. The van der Waals surface area contributed by atoms with Crippen LogP contribution in [0.25, 0.3) is 16.6 Å². The van der Waals surface area contributed by atoms with Crippen molar-refractivity contribution in [3.05, 3.63) is 130 Å². The van der Waals surface area contributed by atoms with Gasteiger partial charge in [-0.1, -0.05) is 67.4 Å². The monoisotopic (exact) mass is 691 g/mol. The molecule has 1 N–H and O–H groups in total. The Morgan fingerprint density at radius 2 is 1.54 bits per heavy atom. The first kappa shape index (κ1) is 34.1. The van der Waals surface area contributed by atoms with Gasteiger partial charge in [-0.25, -0.2) is 4.39 Å². The molecular weight excluding hydrogens is 645 g/mol. The van der Waals surface area contributed by atoms with E-state index in [1.165, 1.54) is 40.9 Å². The third-order valence-corrected chi connectivity index (χ3v) is 10.6. The number of imidazole rings is 1. The Morgan fingerprint density at radius 1 is 0.820 bits per heavy atom. The summed E-state index contributed by atoms with van der Waals surface area (Å²) >= 11 is 6.22.